The molecule has 1 unspecified atom stereocenters. The third-order valence-electron chi connectivity index (χ3n) is 4.69. The van der Waals surface area contributed by atoms with Crippen molar-refractivity contribution in [2.75, 3.05) is 7.05 Å². The lowest BCUT2D eigenvalue weighted by molar-refractivity contribution is 0.278. The Morgan fingerprint density at radius 3 is 2.65 bits per heavy atom. The number of aryl methyl sites for hydroxylation is 1. The quantitative estimate of drug-likeness (QED) is 0.893. The molecule has 0 amide bonds. The third kappa shape index (κ3) is 2.57. The minimum absolute atomic E-state index is 0.401. The number of para-hydroxylation sites is 1. The number of hydrogen-bond donors (Lipinski definition) is 1. The van der Waals surface area contributed by atoms with Gasteiger partial charge in [0.05, 0.1) is 17.3 Å². The second-order valence-electron chi connectivity index (χ2n) is 6.05. The van der Waals surface area contributed by atoms with Gasteiger partial charge >= 0.3 is 0 Å². The largest absolute Gasteiger partial charge is 0.311 e. The van der Waals surface area contributed by atoms with E-state index < -0.39 is 0 Å². The molecule has 1 fully saturated rings. The Morgan fingerprint density at radius 2 is 1.90 bits per heavy atom. The van der Waals surface area contributed by atoms with Gasteiger partial charge in [-0.25, -0.2) is 0 Å². The molecule has 0 spiro atoms. The molecule has 2 nitrogen and oxygen atoms in total. The van der Waals surface area contributed by atoms with E-state index in [0.29, 0.717) is 6.04 Å². The van der Waals surface area contributed by atoms with Crippen LogP contribution >= 0.6 is 0 Å². The van der Waals surface area contributed by atoms with Gasteiger partial charge in [0.15, 0.2) is 0 Å². The zero-order chi connectivity index (χ0) is 13.9. The number of pyridine rings is 1. The maximum atomic E-state index is 4.92. The van der Waals surface area contributed by atoms with Crippen LogP contribution < -0.4 is 5.32 Å². The number of fused-ring (bicyclic) bond motifs is 1. The van der Waals surface area contributed by atoms with E-state index in [-0.39, 0.29) is 0 Å². The SMILES string of the molecule is CNC(c1cc(C)c2ccccc2n1)C1CCCCC1. The number of nitrogens with one attached hydrogen (secondary N) is 1. The molecule has 2 aromatic rings. The maximum Gasteiger partial charge on any atom is 0.0708 e. The van der Waals surface area contributed by atoms with Crippen molar-refractivity contribution in [3.63, 3.8) is 0 Å². The first-order valence-corrected chi connectivity index (χ1v) is 7.83. The molecule has 0 saturated heterocycles. The number of benzene rings is 1. The second kappa shape index (κ2) is 5.92. The van der Waals surface area contributed by atoms with Gasteiger partial charge in [-0.05, 0) is 50.4 Å². The van der Waals surface area contributed by atoms with E-state index in [2.05, 4.69) is 49.6 Å². The van der Waals surface area contributed by atoms with Crippen molar-refractivity contribution in [2.24, 2.45) is 5.92 Å². The minimum atomic E-state index is 0.401. The van der Waals surface area contributed by atoms with Crippen LogP contribution in [0.2, 0.25) is 0 Å². The van der Waals surface area contributed by atoms with Crippen LogP contribution in [-0.4, -0.2) is 12.0 Å². The average Bonchev–Trinajstić information content (AvgIpc) is 2.49. The molecule has 1 aromatic carbocycles. The van der Waals surface area contributed by atoms with Crippen LogP contribution in [0.5, 0.6) is 0 Å². The van der Waals surface area contributed by atoms with Crippen molar-refractivity contribution >= 4 is 10.9 Å². The smallest absolute Gasteiger partial charge is 0.0708 e. The maximum absolute atomic E-state index is 4.92. The van der Waals surface area contributed by atoms with Gasteiger partial charge in [0, 0.05) is 5.39 Å². The normalized spacial score (nSPS) is 18.3. The predicted molar refractivity (Wildman–Crippen MR) is 84.9 cm³/mol. The highest BCUT2D eigenvalue weighted by atomic mass is 14.9. The van der Waals surface area contributed by atoms with E-state index in [1.54, 1.807) is 0 Å². The summed E-state index contributed by atoms with van der Waals surface area (Å²) in [6.45, 7) is 2.20. The summed E-state index contributed by atoms with van der Waals surface area (Å²) in [7, 11) is 2.07. The summed E-state index contributed by atoms with van der Waals surface area (Å²) in [5.74, 6) is 0.738. The first-order valence-electron chi connectivity index (χ1n) is 7.83. The van der Waals surface area contributed by atoms with Crippen molar-refractivity contribution in [1.82, 2.24) is 10.3 Å². The van der Waals surface area contributed by atoms with Crippen molar-refractivity contribution in [1.29, 1.82) is 0 Å². The van der Waals surface area contributed by atoms with Crippen LogP contribution in [0.4, 0.5) is 0 Å². The van der Waals surface area contributed by atoms with Crippen LogP contribution in [0.25, 0.3) is 10.9 Å². The summed E-state index contributed by atoms with van der Waals surface area (Å²) in [5.41, 5.74) is 3.68. The van der Waals surface area contributed by atoms with Gasteiger partial charge in [-0.2, -0.15) is 0 Å². The van der Waals surface area contributed by atoms with Crippen LogP contribution in [0.15, 0.2) is 30.3 Å². The Hall–Kier alpha value is -1.41. The van der Waals surface area contributed by atoms with Gasteiger partial charge in [-0.1, -0.05) is 37.5 Å². The van der Waals surface area contributed by atoms with Gasteiger partial charge < -0.3 is 5.32 Å². The molecule has 0 bridgehead atoms. The molecule has 2 heteroatoms. The lowest BCUT2D eigenvalue weighted by Crippen LogP contribution is -2.27. The Labute approximate surface area is 121 Å². The van der Waals surface area contributed by atoms with Gasteiger partial charge in [0.1, 0.15) is 0 Å². The van der Waals surface area contributed by atoms with E-state index in [1.165, 1.54) is 48.7 Å². The van der Waals surface area contributed by atoms with Crippen LogP contribution in [0.3, 0.4) is 0 Å². The molecule has 20 heavy (non-hydrogen) atoms. The molecule has 1 N–H and O–H groups in total. The van der Waals surface area contributed by atoms with Crippen molar-refractivity contribution in [3.05, 3.63) is 41.6 Å². The summed E-state index contributed by atoms with van der Waals surface area (Å²) < 4.78 is 0. The van der Waals surface area contributed by atoms with E-state index >= 15 is 0 Å². The highest BCUT2D eigenvalue weighted by Gasteiger charge is 2.25. The van der Waals surface area contributed by atoms with Crippen molar-refractivity contribution in [2.45, 2.75) is 45.1 Å². The van der Waals surface area contributed by atoms with Gasteiger partial charge in [-0.3, -0.25) is 4.98 Å². The first kappa shape index (κ1) is 13.6. The van der Waals surface area contributed by atoms with Crippen LogP contribution in [-0.2, 0) is 0 Å². The van der Waals surface area contributed by atoms with Gasteiger partial charge in [-0.15, -0.1) is 0 Å². The Kier molecular flexibility index (Phi) is 4.02. The van der Waals surface area contributed by atoms with E-state index in [1.807, 2.05) is 0 Å². The predicted octanol–water partition coefficient (Wildman–Crippen LogP) is 4.38. The molecular formula is C18H24N2. The fraction of sp³-hybridized carbons (Fsp3) is 0.500. The molecule has 1 aliphatic carbocycles. The van der Waals surface area contributed by atoms with Crippen molar-refractivity contribution < 1.29 is 0 Å². The number of nitrogens with zero attached hydrogens (tertiary/aromatic N) is 1. The highest BCUT2D eigenvalue weighted by molar-refractivity contribution is 5.82. The lowest BCUT2D eigenvalue weighted by Gasteiger charge is -2.30. The number of hydrogen-bond acceptors (Lipinski definition) is 2. The summed E-state index contributed by atoms with van der Waals surface area (Å²) >= 11 is 0. The molecule has 1 atom stereocenters. The van der Waals surface area contributed by atoms with Crippen LogP contribution in [0.1, 0.15) is 49.4 Å². The molecular weight excluding hydrogens is 244 g/mol. The zero-order valence-electron chi connectivity index (χ0n) is 12.5. The molecule has 1 heterocycles. The third-order valence-corrected chi connectivity index (χ3v) is 4.69. The zero-order valence-corrected chi connectivity index (χ0v) is 12.5. The Bertz CT molecular complexity index is 585. The molecule has 1 saturated carbocycles. The van der Waals surface area contributed by atoms with E-state index in [9.17, 15) is 0 Å². The molecule has 0 aliphatic heterocycles. The summed E-state index contributed by atoms with van der Waals surface area (Å²) in [4.78, 5) is 4.92. The molecule has 1 aromatic heterocycles. The van der Waals surface area contributed by atoms with E-state index in [0.717, 1.165) is 11.4 Å². The van der Waals surface area contributed by atoms with E-state index in [4.69, 9.17) is 4.98 Å². The number of rotatable bonds is 3. The van der Waals surface area contributed by atoms with Gasteiger partial charge in [0.25, 0.3) is 0 Å². The monoisotopic (exact) mass is 268 g/mol. The topological polar surface area (TPSA) is 24.9 Å². The Morgan fingerprint density at radius 1 is 1.15 bits per heavy atom. The standard InChI is InChI=1S/C18H24N2/c1-13-12-17(20-16-11-7-6-10-15(13)16)18(19-2)14-8-4-3-5-9-14/h6-7,10-12,14,18-19H,3-5,8-9H2,1-2H3. The minimum Gasteiger partial charge on any atom is -0.311 e. The molecule has 3 rings (SSSR count). The fourth-order valence-corrected chi connectivity index (χ4v) is 3.63. The summed E-state index contributed by atoms with van der Waals surface area (Å²) in [6, 6.07) is 11.1. The van der Waals surface area contributed by atoms with Gasteiger partial charge in [0.2, 0.25) is 0 Å². The van der Waals surface area contributed by atoms with Crippen molar-refractivity contribution in [3.8, 4) is 0 Å². The number of aromatic nitrogens is 1. The molecule has 1 aliphatic rings. The molecule has 106 valence electrons. The second-order valence-corrected chi connectivity index (χ2v) is 6.05. The summed E-state index contributed by atoms with van der Waals surface area (Å²) in [5, 5.41) is 4.79. The first-order chi connectivity index (χ1) is 9.79. The Balaban J connectivity index is 1.98. The fourth-order valence-electron chi connectivity index (χ4n) is 3.63. The molecule has 0 radical (unpaired) electrons. The highest BCUT2D eigenvalue weighted by Crippen LogP contribution is 2.34. The average molecular weight is 268 g/mol. The summed E-state index contributed by atoms with van der Waals surface area (Å²) in [6.07, 6.45) is 6.81. The van der Waals surface area contributed by atoms with Crippen LogP contribution in [0, 0.1) is 12.8 Å². The lowest BCUT2D eigenvalue weighted by atomic mass is 9.82.